The third-order valence-electron chi connectivity index (χ3n) is 3.10. The Morgan fingerprint density at radius 3 is 2.37 bits per heavy atom. The van der Waals surface area contributed by atoms with Gasteiger partial charge in [-0.1, -0.05) is 6.08 Å². The van der Waals surface area contributed by atoms with E-state index >= 15 is 0 Å². The van der Waals surface area contributed by atoms with E-state index in [4.69, 9.17) is 5.11 Å². The molecule has 0 unspecified atom stereocenters. The van der Waals surface area contributed by atoms with Crippen molar-refractivity contribution in [3.8, 4) is 0 Å². The SMILES string of the molecule is O=C(O)C/C=C(\c1ncccn1)C1(C(F)(F)F)CC1. The van der Waals surface area contributed by atoms with Crippen molar-refractivity contribution in [2.45, 2.75) is 25.4 Å². The number of aromatic nitrogens is 2. The van der Waals surface area contributed by atoms with Crippen LogP contribution in [0.25, 0.3) is 5.57 Å². The second kappa shape index (κ2) is 4.64. The van der Waals surface area contributed by atoms with Crippen molar-refractivity contribution in [2.24, 2.45) is 5.41 Å². The highest BCUT2D eigenvalue weighted by Crippen LogP contribution is 2.64. The number of carboxylic acids is 1. The van der Waals surface area contributed by atoms with Gasteiger partial charge in [0.1, 0.15) is 0 Å². The molecular weight excluding hydrogens is 261 g/mol. The smallest absolute Gasteiger partial charge is 0.398 e. The summed E-state index contributed by atoms with van der Waals surface area (Å²) in [4.78, 5) is 18.2. The number of alkyl halides is 3. The van der Waals surface area contributed by atoms with Crippen LogP contribution in [0.5, 0.6) is 0 Å². The van der Waals surface area contributed by atoms with Crippen LogP contribution in [-0.2, 0) is 4.79 Å². The Labute approximate surface area is 107 Å². The zero-order chi connectivity index (χ0) is 14.1. The molecule has 0 aromatic carbocycles. The van der Waals surface area contributed by atoms with Crippen molar-refractivity contribution in [2.75, 3.05) is 0 Å². The first-order valence-electron chi connectivity index (χ1n) is 5.63. The molecule has 0 atom stereocenters. The molecule has 1 aliphatic rings. The van der Waals surface area contributed by atoms with E-state index < -0.39 is 24.0 Å². The highest BCUT2D eigenvalue weighted by molar-refractivity contribution is 5.75. The summed E-state index contributed by atoms with van der Waals surface area (Å²) in [5.74, 6) is -1.25. The van der Waals surface area contributed by atoms with Gasteiger partial charge in [0.25, 0.3) is 0 Å². The Bertz CT molecular complexity index is 507. The topological polar surface area (TPSA) is 63.1 Å². The van der Waals surface area contributed by atoms with Crippen molar-refractivity contribution in [1.82, 2.24) is 9.97 Å². The molecule has 19 heavy (non-hydrogen) atoms. The van der Waals surface area contributed by atoms with Crippen LogP contribution in [0.3, 0.4) is 0 Å². The molecule has 1 heterocycles. The second-order valence-corrected chi connectivity index (χ2v) is 4.37. The number of carbonyl (C=O) groups is 1. The Morgan fingerprint density at radius 1 is 1.37 bits per heavy atom. The normalized spacial score (nSPS) is 18.2. The fourth-order valence-electron chi connectivity index (χ4n) is 1.96. The number of halogens is 3. The monoisotopic (exact) mass is 272 g/mol. The van der Waals surface area contributed by atoms with E-state index in [0.717, 1.165) is 6.08 Å². The van der Waals surface area contributed by atoms with E-state index in [-0.39, 0.29) is 24.2 Å². The average molecular weight is 272 g/mol. The van der Waals surface area contributed by atoms with E-state index in [9.17, 15) is 18.0 Å². The third kappa shape index (κ3) is 2.59. The minimum Gasteiger partial charge on any atom is -0.481 e. The van der Waals surface area contributed by atoms with Gasteiger partial charge in [0.15, 0.2) is 5.82 Å². The van der Waals surface area contributed by atoms with Crippen LogP contribution >= 0.6 is 0 Å². The summed E-state index contributed by atoms with van der Waals surface area (Å²) in [6.45, 7) is 0. The molecule has 0 radical (unpaired) electrons. The summed E-state index contributed by atoms with van der Waals surface area (Å²) >= 11 is 0. The van der Waals surface area contributed by atoms with E-state index in [1.54, 1.807) is 0 Å². The maximum atomic E-state index is 13.1. The lowest BCUT2D eigenvalue weighted by molar-refractivity contribution is -0.168. The Kier molecular flexibility index (Phi) is 3.30. The van der Waals surface area contributed by atoms with Gasteiger partial charge < -0.3 is 5.11 Å². The lowest BCUT2D eigenvalue weighted by Gasteiger charge is -2.21. The first-order chi connectivity index (χ1) is 8.87. The summed E-state index contributed by atoms with van der Waals surface area (Å²) in [5.41, 5.74) is -2.12. The predicted molar refractivity (Wildman–Crippen MR) is 60.0 cm³/mol. The van der Waals surface area contributed by atoms with Crippen molar-refractivity contribution >= 4 is 11.5 Å². The average Bonchev–Trinajstić information content (AvgIpc) is 3.11. The van der Waals surface area contributed by atoms with E-state index in [1.165, 1.54) is 18.5 Å². The molecule has 0 amide bonds. The highest BCUT2D eigenvalue weighted by atomic mass is 19.4. The molecule has 4 nitrogen and oxygen atoms in total. The summed E-state index contributed by atoms with van der Waals surface area (Å²) in [7, 11) is 0. The molecule has 0 saturated heterocycles. The van der Waals surface area contributed by atoms with Crippen LogP contribution in [0.1, 0.15) is 25.1 Å². The van der Waals surface area contributed by atoms with Crippen LogP contribution in [0.4, 0.5) is 13.2 Å². The molecule has 7 heteroatoms. The number of allylic oxidation sites excluding steroid dienone is 1. The Morgan fingerprint density at radius 2 is 1.95 bits per heavy atom. The van der Waals surface area contributed by atoms with Gasteiger partial charge in [-0.2, -0.15) is 13.2 Å². The molecule has 1 aliphatic carbocycles. The van der Waals surface area contributed by atoms with Crippen LogP contribution in [0.2, 0.25) is 0 Å². The maximum Gasteiger partial charge on any atom is 0.398 e. The Balaban J connectivity index is 2.42. The Hall–Kier alpha value is -1.92. The summed E-state index contributed by atoms with van der Waals surface area (Å²) < 4.78 is 39.3. The number of hydrogen-bond donors (Lipinski definition) is 1. The van der Waals surface area contributed by atoms with E-state index in [0.29, 0.717) is 0 Å². The fourth-order valence-corrected chi connectivity index (χ4v) is 1.96. The standard InChI is InChI=1S/C12H11F3N2O2/c13-12(14,15)11(4-5-11)8(2-3-9(18)19)10-16-6-1-7-17-10/h1-2,6-7H,3-5H2,(H,18,19)/b8-2+. The molecule has 1 N–H and O–H groups in total. The summed E-state index contributed by atoms with van der Waals surface area (Å²) in [6, 6.07) is 1.49. The molecule has 1 fully saturated rings. The highest BCUT2D eigenvalue weighted by Gasteiger charge is 2.65. The number of carboxylic acid groups (broad SMARTS) is 1. The minimum atomic E-state index is -4.42. The lowest BCUT2D eigenvalue weighted by atomic mass is 9.93. The van der Waals surface area contributed by atoms with Crippen LogP contribution in [0.15, 0.2) is 24.5 Å². The van der Waals surface area contributed by atoms with Gasteiger partial charge in [0, 0.05) is 18.0 Å². The molecule has 1 aromatic rings. The van der Waals surface area contributed by atoms with Gasteiger partial charge >= 0.3 is 12.1 Å². The lowest BCUT2D eigenvalue weighted by Crippen LogP contribution is -2.26. The number of aliphatic carboxylic acids is 1. The van der Waals surface area contributed by atoms with Gasteiger partial charge in [-0.05, 0) is 18.9 Å². The van der Waals surface area contributed by atoms with Crippen molar-refractivity contribution < 1.29 is 23.1 Å². The summed E-state index contributed by atoms with van der Waals surface area (Å²) in [5, 5.41) is 8.63. The molecule has 0 bridgehead atoms. The van der Waals surface area contributed by atoms with Crippen LogP contribution in [0, 0.1) is 5.41 Å². The maximum absolute atomic E-state index is 13.1. The molecule has 1 saturated carbocycles. The van der Waals surface area contributed by atoms with E-state index in [1.807, 2.05) is 0 Å². The minimum absolute atomic E-state index is 0.0554. The quantitative estimate of drug-likeness (QED) is 0.915. The summed E-state index contributed by atoms with van der Waals surface area (Å²) in [6.07, 6.45) is -1.27. The zero-order valence-corrected chi connectivity index (χ0v) is 9.81. The van der Waals surface area contributed by atoms with Crippen molar-refractivity contribution in [3.63, 3.8) is 0 Å². The molecule has 1 aromatic heterocycles. The predicted octanol–water partition coefficient (Wildman–Crippen LogP) is 2.68. The van der Waals surface area contributed by atoms with Gasteiger partial charge in [0.2, 0.25) is 0 Å². The van der Waals surface area contributed by atoms with Gasteiger partial charge in [-0.25, -0.2) is 9.97 Å². The largest absolute Gasteiger partial charge is 0.481 e. The molecule has 102 valence electrons. The number of nitrogens with zero attached hydrogens (tertiary/aromatic N) is 2. The van der Waals surface area contributed by atoms with Crippen LogP contribution in [-0.4, -0.2) is 27.2 Å². The molecule has 0 spiro atoms. The number of rotatable bonds is 4. The van der Waals surface area contributed by atoms with Crippen molar-refractivity contribution in [3.05, 3.63) is 30.4 Å². The van der Waals surface area contributed by atoms with Gasteiger partial charge in [-0.15, -0.1) is 0 Å². The third-order valence-corrected chi connectivity index (χ3v) is 3.10. The second-order valence-electron chi connectivity index (χ2n) is 4.37. The molecule has 2 rings (SSSR count). The fraction of sp³-hybridized carbons (Fsp3) is 0.417. The zero-order valence-electron chi connectivity index (χ0n) is 9.81. The van der Waals surface area contributed by atoms with Gasteiger partial charge in [-0.3, -0.25) is 4.79 Å². The first kappa shape index (κ1) is 13.5. The van der Waals surface area contributed by atoms with Crippen molar-refractivity contribution in [1.29, 1.82) is 0 Å². The first-order valence-corrected chi connectivity index (χ1v) is 5.63. The van der Waals surface area contributed by atoms with Gasteiger partial charge in [0.05, 0.1) is 11.8 Å². The molecular formula is C12H11F3N2O2. The number of hydrogen-bond acceptors (Lipinski definition) is 3. The van der Waals surface area contributed by atoms with Crippen LogP contribution < -0.4 is 0 Å². The van der Waals surface area contributed by atoms with E-state index in [2.05, 4.69) is 9.97 Å². The molecule has 0 aliphatic heterocycles.